The molecule has 0 rings (SSSR count). The van der Waals surface area contributed by atoms with Gasteiger partial charge in [-0.25, -0.2) is 0 Å². The van der Waals surface area contributed by atoms with Gasteiger partial charge in [0.1, 0.15) is 0 Å². The topological polar surface area (TPSA) is 55.5 Å². The van der Waals surface area contributed by atoms with Crippen LogP contribution in [0.1, 0.15) is 0 Å². The lowest BCUT2D eigenvalue weighted by Gasteiger charge is -1.75. The van der Waals surface area contributed by atoms with Crippen molar-refractivity contribution < 1.29 is 4.79 Å². The molecule has 4 heteroatoms. The second-order valence-electron chi connectivity index (χ2n) is 0.801. The first kappa shape index (κ1) is 6.43. The SMILES string of the molecule is NCC(=O)N=C=S. The molecule has 0 spiro atoms. The third kappa shape index (κ3) is 3.26. The monoisotopic (exact) mass is 116 g/mol. The standard InChI is InChI=1S/C3H4N2OS/c4-1-3(6)5-2-7/h1,4H2. The van der Waals surface area contributed by atoms with Crippen LogP contribution < -0.4 is 5.73 Å². The zero-order valence-electron chi connectivity index (χ0n) is 3.55. The first-order chi connectivity index (χ1) is 3.31. The van der Waals surface area contributed by atoms with Gasteiger partial charge in [-0.05, 0) is 12.2 Å². The molecular formula is C3H4N2OS. The Morgan fingerprint density at radius 2 is 2.57 bits per heavy atom. The average Bonchev–Trinajstić information content (AvgIpc) is 1.68. The van der Waals surface area contributed by atoms with Crippen LogP contribution in [0.5, 0.6) is 0 Å². The van der Waals surface area contributed by atoms with Crippen LogP contribution in [0, 0.1) is 0 Å². The van der Waals surface area contributed by atoms with Gasteiger partial charge in [-0.3, -0.25) is 4.79 Å². The van der Waals surface area contributed by atoms with Crippen LogP contribution in [0.25, 0.3) is 0 Å². The molecule has 2 N–H and O–H groups in total. The predicted molar refractivity (Wildman–Crippen MR) is 29.1 cm³/mol. The van der Waals surface area contributed by atoms with Gasteiger partial charge in [-0.2, -0.15) is 4.99 Å². The molecule has 7 heavy (non-hydrogen) atoms. The van der Waals surface area contributed by atoms with Crippen molar-refractivity contribution in [1.29, 1.82) is 0 Å². The predicted octanol–water partition coefficient (Wildman–Crippen LogP) is -0.425. The van der Waals surface area contributed by atoms with E-state index in [1.54, 1.807) is 0 Å². The van der Waals surface area contributed by atoms with Crippen molar-refractivity contribution in [3.8, 4) is 0 Å². The molecule has 0 saturated carbocycles. The number of hydrogen-bond donors (Lipinski definition) is 1. The Kier molecular flexibility index (Phi) is 3.32. The molecule has 0 unspecified atom stereocenters. The minimum absolute atomic E-state index is 0.0936. The molecule has 0 aromatic carbocycles. The van der Waals surface area contributed by atoms with Crippen LogP contribution in [0.3, 0.4) is 0 Å². The summed E-state index contributed by atoms with van der Waals surface area (Å²) in [5, 5.41) is 1.90. The number of rotatable bonds is 1. The number of aliphatic imine (C=N–C) groups is 1. The van der Waals surface area contributed by atoms with Crippen molar-refractivity contribution in [2.75, 3.05) is 6.54 Å². The van der Waals surface area contributed by atoms with Crippen LogP contribution >= 0.6 is 12.2 Å². The maximum Gasteiger partial charge on any atom is 0.268 e. The molecule has 0 radical (unpaired) electrons. The van der Waals surface area contributed by atoms with Crippen molar-refractivity contribution in [2.45, 2.75) is 0 Å². The highest BCUT2D eigenvalue weighted by Crippen LogP contribution is 1.62. The largest absolute Gasteiger partial charge is 0.322 e. The molecule has 0 bridgehead atoms. The summed E-state index contributed by atoms with van der Waals surface area (Å²) in [5.74, 6) is -0.435. The molecule has 0 atom stereocenters. The summed E-state index contributed by atoms with van der Waals surface area (Å²) in [5.41, 5.74) is 4.83. The zero-order valence-corrected chi connectivity index (χ0v) is 4.36. The molecule has 0 aromatic heterocycles. The highest BCUT2D eigenvalue weighted by Gasteiger charge is 1.86. The highest BCUT2D eigenvalue weighted by molar-refractivity contribution is 7.78. The van der Waals surface area contributed by atoms with Crippen LogP contribution in [-0.4, -0.2) is 17.6 Å². The molecule has 0 fully saturated rings. The lowest BCUT2D eigenvalue weighted by molar-refractivity contribution is -0.116. The van der Waals surface area contributed by atoms with E-state index in [1.165, 1.54) is 0 Å². The van der Waals surface area contributed by atoms with E-state index < -0.39 is 5.91 Å². The molecule has 38 valence electrons. The van der Waals surface area contributed by atoms with E-state index in [1.807, 2.05) is 5.16 Å². The maximum absolute atomic E-state index is 9.99. The Hall–Kier alpha value is -0.570. The second kappa shape index (κ2) is 3.61. The Bertz CT molecular complexity index is 116. The fraction of sp³-hybridized carbons (Fsp3) is 0.333. The lowest BCUT2D eigenvalue weighted by Crippen LogP contribution is -2.09. The van der Waals surface area contributed by atoms with Crippen molar-refractivity contribution in [2.24, 2.45) is 10.7 Å². The normalized spacial score (nSPS) is 7.00. The minimum Gasteiger partial charge on any atom is -0.322 e. The van der Waals surface area contributed by atoms with Crippen molar-refractivity contribution in [1.82, 2.24) is 0 Å². The molecule has 0 aliphatic carbocycles. The summed E-state index contributed by atoms with van der Waals surface area (Å²) in [4.78, 5) is 13.0. The quantitative estimate of drug-likeness (QED) is 0.374. The molecule has 0 aliphatic rings. The Morgan fingerprint density at radius 3 is 2.71 bits per heavy atom. The third-order valence-corrected chi connectivity index (χ3v) is 0.436. The number of isothiocyanates is 1. The van der Waals surface area contributed by atoms with E-state index in [0.717, 1.165) is 0 Å². The fourth-order valence-corrected chi connectivity index (χ4v) is 0.198. The van der Waals surface area contributed by atoms with Gasteiger partial charge in [0, 0.05) is 0 Å². The number of carbonyl (C=O) groups is 1. The molecule has 0 aromatic rings. The van der Waals surface area contributed by atoms with Crippen LogP contribution in [0.2, 0.25) is 0 Å². The summed E-state index contributed by atoms with van der Waals surface area (Å²) in [7, 11) is 0. The van der Waals surface area contributed by atoms with Gasteiger partial charge in [0.25, 0.3) is 5.91 Å². The van der Waals surface area contributed by atoms with E-state index in [9.17, 15) is 4.79 Å². The molecule has 1 amide bonds. The van der Waals surface area contributed by atoms with Gasteiger partial charge in [-0.15, -0.1) is 0 Å². The summed E-state index contributed by atoms with van der Waals surface area (Å²) in [6, 6.07) is 0. The summed E-state index contributed by atoms with van der Waals surface area (Å²) in [6.07, 6.45) is 0. The summed E-state index contributed by atoms with van der Waals surface area (Å²) >= 11 is 4.10. The Labute approximate surface area is 46.2 Å². The van der Waals surface area contributed by atoms with E-state index in [4.69, 9.17) is 5.73 Å². The minimum atomic E-state index is -0.435. The number of thiocarbonyl (C=S) groups is 1. The van der Waals surface area contributed by atoms with Gasteiger partial charge in [0.05, 0.1) is 11.7 Å². The number of hydrogen-bond acceptors (Lipinski definition) is 3. The van der Waals surface area contributed by atoms with Gasteiger partial charge in [0.15, 0.2) is 0 Å². The van der Waals surface area contributed by atoms with Crippen molar-refractivity contribution >= 4 is 23.3 Å². The van der Waals surface area contributed by atoms with Crippen LogP contribution in [-0.2, 0) is 4.79 Å². The zero-order chi connectivity index (χ0) is 5.70. The van der Waals surface area contributed by atoms with E-state index >= 15 is 0 Å². The summed E-state index contributed by atoms with van der Waals surface area (Å²) in [6.45, 7) is -0.0936. The Balaban J connectivity index is 3.58. The van der Waals surface area contributed by atoms with Crippen molar-refractivity contribution in [3.05, 3.63) is 0 Å². The number of amides is 1. The van der Waals surface area contributed by atoms with E-state index in [-0.39, 0.29) is 6.54 Å². The van der Waals surface area contributed by atoms with E-state index in [0.29, 0.717) is 0 Å². The first-order valence-electron chi connectivity index (χ1n) is 1.62. The van der Waals surface area contributed by atoms with Crippen LogP contribution in [0.15, 0.2) is 4.99 Å². The smallest absolute Gasteiger partial charge is 0.268 e. The van der Waals surface area contributed by atoms with E-state index in [2.05, 4.69) is 17.2 Å². The number of nitrogens with zero attached hydrogens (tertiary/aromatic N) is 1. The molecular weight excluding hydrogens is 112 g/mol. The Morgan fingerprint density at radius 1 is 2.00 bits per heavy atom. The first-order valence-corrected chi connectivity index (χ1v) is 2.03. The average molecular weight is 116 g/mol. The fourth-order valence-electron chi connectivity index (χ4n) is 0.0966. The lowest BCUT2D eigenvalue weighted by atomic mass is 10.6. The maximum atomic E-state index is 9.99. The second-order valence-corrected chi connectivity index (χ2v) is 0.984. The number of nitrogens with two attached hydrogens (primary N) is 1. The van der Waals surface area contributed by atoms with Gasteiger partial charge in [-0.1, -0.05) is 0 Å². The van der Waals surface area contributed by atoms with Crippen molar-refractivity contribution in [3.63, 3.8) is 0 Å². The third-order valence-electron chi connectivity index (χ3n) is 0.345. The highest BCUT2D eigenvalue weighted by atomic mass is 32.1. The molecule has 3 nitrogen and oxygen atoms in total. The molecule has 0 saturated heterocycles. The van der Waals surface area contributed by atoms with Gasteiger partial charge >= 0.3 is 0 Å². The molecule has 0 aliphatic heterocycles. The van der Waals surface area contributed by atoms with Gasteiger partial charge in [0.2, 0.25) is 0 Å². The van der Waals surface area contributed by atoms with Crippen LogP contribution in [0.4, 0.5) is 0 Å². The van der Waals surface area contributed by atoms with Gasteiger partial charge < -0.3 is 5.73 Å². The summed E-state index contributed by atoms with van der Waals surface area (Å²) < 4.78 is 0. The molecule has 0 heterocycles. The number of carbonyl (C=O) groups excluding carboxylic acids is 1.